The molecule has 0 bridgehead atoms. The summed E-state index contributed by atoms with van der Waals surface area (Å²) in [6.45, 7) is 5.41. The van der Waals surface area contributed by atoms with E-state index in [0.717, 1.165) is 17.7 Å². The van der Waals surface area contributed by atoms with Crippen LogP contribution in [0.2, 0.25) is 0 Å². The molecule has 0 aromatic heterocycles. The summed E-state index contributed by atoms with van der Waals surface area (Å²) in [6, 6.07) is 14.8. The molecule has 0 fully saturated rings. The van der Waals surface area contributed by atoms with E-state index in [1.165, 1.54) is 4.90 Å². The van der Waals surface area contributed by atoms with Crippen LogP contribution in [0.4, 0.5) is 5.69 Å². The van der Waals surface area contributed by atoms with Gasteiger partial charge < -0.3 is 9.64 Å². The average molecular weight is 323 g/mol. The number of ether oxygens (including phenoxy) is 1. The molecule has 0 saturated carbocycles. The van der Waals surface area contributed by atoms with Gasteiger partial charge in [-0.25, -0.2) is 0 Å². The first-order chi connectivity index (χ1) is 11.6. The number of para-hydroxylation sites is 1. The van der Waals surface area contributed by atoms with Crippen LogP contribution in [0.25, 0.3) is 0 Å². The van der Waals surface area contributed by atoms with Crippen molar-refractivity contribution >= 4 is 17.4 Å². The number of carbonyl (C=O) groups excluding carboxylic acids is 2. The van der Waals surface area contributed by atoms with E-state index in [0.29, 0.717) is 30.3 Å². The van der Waals surface area contributed by atoms with Crippen molar-refractivity contribution in [3.05, 3.63) is 59.7 Å². The molecule has 1 amide bonds. The van der Waals surface area contributed by atoms with E-state index in [9.17, 15) is 9.59 Å². The van der Waals surface area contributed by atoms with E-state index in [1.807, 2.05) is 36.4 Å². The number of hydrogen-bond acceptors (Lipinski definition) is 3. The van der Waals surface area contributed by atoms with Gasteiger partial charge in [0.1, 0.15) is 5.75 Å². The van der Waals surface area contributed by atoms with Crippen LogP contribution in [0.15, 0.2) is 48.5 Å². The van der Waals surface area contributed by atoms with Gasteiger partial charge in [0.05, 0.1) is 24.4 Å². The Morgan fingerprint density at radius 2 is 1.71 bits per heavy atom. The number of amides is 1. The Morgan fingerprint density at radius 1 is 1.00 bits per heavy atom. The standard InChI is InChI=1S/C20H21NO3/c1-14(2)11-12-24-16-9-7-15(8-10-16)13-21-18-6-4-3-5-17(18)19(22)20(21)23/h3-10,14H,11-13H2,1-2H3. The Bertz CT molecular complexity index is 750. The third-order valence-corrected chi connectivity index (χ3v) is 4.11. The third-order valence-electron chi connectivity index (χ3n) is 4.11. The first kappa shape index (κ1) is 16.2. The zero-order valence-corrected chi connectivity index (χ0v) is 14.0. The monoisotopic (exact) mass is 323 g/mol. The molecule has 0 atom stereocenters. The number of nitrogens with zero attached hydrogens (tertiary/aromatic N) is 1. The molecule has 1 aliphatic rings. The summed E-state index contributed by atoms with van der Waals surface area (Å²) in [5.41, 5.74) is 2.13. The van der Waals surface area contributed by atoms with Gasteiger partial charge in [-0.3, -0.25) is 9.59 Å². The number of ketones is 1. The maximum Gasteiger partial charge on any atom is 0.299 e. The smallest absolute Gasteiger partial charge is 0.299 e. The molecule has 2 aromatic rings. The van der Waals surface area contributed by atoms with Crippen LogP contribution in [0.3, 0.4) is 0 Å². The van der Waals surface area contributed by atoms with Crippen molar-refractivity contribution in [2.24, 2.45) is 5.92 Å². The lowest BCUT2D eigenvalue weighted by Crippen LogP contribution is -2.29. The molecule has 4 nitrogen and oxygen atoms in total. The fraction of sp³-hybridized carbons (Fsp3) is 0.300. The molecule has 0 aliphatic carbocycles. The predicted molar refractivity (Wildman–Crippen MR) is 93.4 cm³/mol. The minimum atomic E-state index is -0.464. The predicted octanol–water partition coefficient (Wildman–Crippen LogP) is 3.84. The minimum absolute atomic E-state index is 0.383. The second kappa shape index (κ2) is 6.87. The molecule has 124 valence electrons. The SMILES string of the molecule is CC(C)CCOc1ccc(CN2C(=O)C(=O)c3ccccc32)cc1. The van der Waals surface area contributed by atoms with E-state index >= 15 is 0 Å². The van der Waals surface area contributed by atoms with Crippen molar-refractivity contribution in [2.75, 3.05) is 11.5 Å². The lowest BCUT2D eigenvalue weighted by molar-refractivity contribution is -0.114. The maximum absolute atomic E-state index is 12.2. The van der Waals surface area contributed by atoms with Crippen molar-refractivity contribution in [3.8, 4) is 5.75 Å². The summed E-state index contributed by atoms with van der Waals surface area (Å²) in [5, 5.41) is 0. The van der Waals surface area contributed by atoms with Crippen molar-refractivity contribution in [2.45, 2.75) is 26.8 Å². The molecule has 3 rings (SSSR count). The second-order valence-electron chi connectivity index (χ2n) is 6.41. The van der Waals surface area contributed by atoms with Crippen LogP contribution in [0, 0.1) is 5.92 Å². The Labute approximate surface area is 142 Å². The summed E-state index contributed by atoms with van der Waals surface area (Å²) in [7, 11) is 0. The van der Waals surface area contributed by atoms with Crippen LogP contribution in [0.1, 0.15) is 36.2 Å². The van der Waals surface area contributed by atoms with Crippen molar-refractivity contribution in [3.63, 3.8) is 0 Å². The van der Waals surface area contributed by atoms with Gasteiger partial charge in [0.2, 0.25) is 0 Å². The van der Waals surface area contributed by atoms with Crippen LogP contribution in [-0.4, -0.2) is 18.3 Å². The molecule has 0 N–H and O–H groups in total. The first-order valence-corrected chi connectivity index (χ1v) is 8.23. The lowest BCUT2D eigenvalue weighted by atomic mass is 10.1. The molecule has 0 saturated heterocycles. The van der Waals surface area contributed by atoms with Crippen LogP contribution in [0.5, 0.6) is 5.75 Å². The summed E-state index contributed by atoms with van der Waals surface area (Å²) in [5.74, 6) is 0.541. The first-order valence-electron chi connectivity index (χ1n) is 8.23. The maximum atomic E-state index is 12.2. The molecular weight excluding hydrogens is 302 g/mol. The van der Waals surface area contributed by atoms with Crippen molar-refractivity contribution in [1.82, 2.24) is 0 Å². The molecule has 0 unspecified atom stereocenters. The van der Waals surface area contributed by atoms with Gasteiger partial charge in [-0.15, -0.1) is 0 Å². The Hall–Kier alpha value is -2.62. The fourth-order valence-corrected chi connectivity index (χ4v) is 2.69. The normalized spacial score (nSPS) is 13.5. The van der Waals surface area contributed by atoms with Crippen LogP contribution >= 0.6 is 0 Å². The molecule has 24 heavy (non-hydrogen) atoms. The highest BCUT2D eigenvalue weighted by Crippen LogP contribution is 2.30. The highest BCUT2D eigenvalue weighted by molar-refractivity contribution is 6.52. The summed E-state index contributed by atoms with van der Waals surface area (Å²) in [4.78, 5) is 25.7. The number of fused-ring (bicyclic) bond motifs is 1. The van der Waals surface area contributed by atoms with Gasteiger partial charge in [0, 0.05) is 0 Å². The van der Waals surface area contributed by atoms with Gasteiger partial charge in [-0.1, -0.05) is 38.1 Å². The number of carbonyl (C=O) groups is 2. The molecule has 2 aromatic carbocycles. The molecule has 1 aliphatic heterocycles. The zero-order chi connectivity index (χ0) is 17.1. The summed E-state index contributed by atoms with van der Waals surface area (Å²) >= 11 is 0. The Morgan fingerprint density at radius 3 is 2.42 bits per heavy atom. The number of rotatable bonds is 6. The van der Waals surface area contributed by atoms with Crippen LogP contribution < -0.4 is 9.64 Å². The quantitative estimate of drug-likeness (QED) is 0.759. The molecular formula is C20H21NO3. The number of benzene rings is 2. The molecule has 1 heterocycles. The number of Topliss-reactive ketones (excluding diaryl/α,β-unsaturated/α-hetero) is 1. The van der Waals surface area contributed by atoms with Gasteiger partial charge in [-0.05, 0) is 42.2 Å². The van der Waals surface area contributed by atoms with Gasteiger partial charge in [-0.2, -0.15) is 0 Å². The van der Waals surface area contributed by atoms with Gasteiger partial charge in [0.25, 0.3) is 11.7 Å². The third kappa shape index (κ3) is 3.32. The Kier molecular flexibility index (Phi) is 4.65. The fourth-order valence-electron chi connectivity index (χ4n) is 2.69. The number of hydrogen-bond donors (Lipinski definition) is 0. The Balaban J connectivity index is 1.68. The van der Waals surface area contributed by atoms with Crippen molar-refractivity contribution in [1.29, 1.82) is 0 Å². The van der Waals surface area contributed by atoms with Crippen molar-refractivity contribution < 1.29 is 14.3 Å². The molecule has 4 heteroatoms. The largest absolute Gasteiger partial charge is 0.494 e. The number of anilines is 1. The average Bonchev–Trinajstić information content (AvgIpc) is 2.81. The molecule has 0 radical (unpaired) electrons. The minimum Gasteiger partial charge on any atom is -0.494 e. The highest BCUT2D eigenvalue weighted by Gasteiger charge is 2.35. The van der Waals surface area contributed by atoms with E-state index in [-0.39, 0.29) is 0 Å². The summed E-state index contributed by atoms with van der Waals surface area (Å²) in [6.07, 6.45) is 1.02. The van der Waals surface area contributed by atoms with E-state index in [1.54, 1.807) is 12.1 Å². The second-order valence-corrected chi connectivity index (χ2v) is 6.41. The van der Waals surface area contributed by atoms with Gasteiger partial charge in [0.15, 0.2) is 0 Å². The topological polar surface area (TPSA) is 46.6 Å². The molecule has 0 spiro atoms. The van der Waals surface area contributed by atoms with E-state index in [4.69, 9.17) is 4.74 Å². The van der Waals surface area contributed by atoms with E-state index in [2.05, 4.69) is 13.8 Å². The van der Waals surface area contributed by atoms with E-state index < -0.39 is 11.7 Å². The van der Waals surface area contributed by atoms with Crippen LogP contribution in [-0.2, 0) is 11.3 Å². The van der Waals surface area contributed by atoms with Gasteiger partial charge >= 0.3 is 0 Å². The highest BCUT2D eigenvalue weighted by atomic mass is 16.5. The zero-order valence-electron chi connectivity index (χ0n) is 14.0. The summed E-state index contributed by atoms with van der Waals surface area (Å²) < 4.78 is 5.70. The lowest BCUT2D eigenvalue weighted by Gasteiger charge is -2.17.